The minimum Gasteiger partial charge on any atom is -0.317 e. The number of nitrogens with zero attached hydrogens (tertiary/aromatic N) is 2. The van der Waals surface area contributed by atoms with E-state index in [1.807, 2.05) is 0 Å². The summed E-state index contributed by atoms with van der Waals surface area (Å²) in [5.74, 6) is 0.788. The van der Waals surface area contributed by atoms with Crippen LogP contribution in [0, 0.1) is 19.8 Å². The highest BCUT2D eigenvalue weighted by atomic mass is 79.9. The van der Waals surface area contributed by atoms with E-state index in [1.54, 1.807) is 0 Å². The van der Waals surface area contributed by atoms with Gasteiger partial charge in [0.1, 0.15) is 0 Å². The van der Waals surface area contributed by atoms with Crippen LogP contribution >= 0.6 is 15.9 Å². The Labute approximate surface area is 99.4 Å². The third kappa shape index (κ3) is 2.42. The largest absolute Gasteiger partial charge is 0.317 e. The second-order valence-electron chi connectivity index (χ2n) is 4.36. The van der Waals surface area contributed by atoms with E-state index in [2.05, 4.69) is 44.9 Å². The predicted molar refractivity (Wildman–Crippen MR) is 65.0 cm³/mol. The second-order valence-corrected chi connectivity index (χ2v) is 5.15. The third-order valence-corrected chi connectivity index (χ3v) is 4.33. The van der Waals surface area contributed by atoms with E-state index in [0.29, 0.717) is 0 Å². The third-order valence-electron chi connectivity index (χ3n) is 3.18. The van der Waals surface area contributed by atoms with Gasteiger partial charge < -0.3 is 5.32 Å². The maximum atomic E-state index is 4.55. The van der Waals surface area contributed by atoms with Crippen LogP contribution in [0.2, 0.25) is 0 Å². The van der Waals surface area contributed by atoms with E-state index in [9.17, 15) is 0 Å². The van der Waals surface area contributed by atoms with E-state index in [-0.39, 0.29) is 0 Å². The Morgan fingerprint density at radius 1 is 1.40 bits per heavy atom. The molecule has 0 aromatic carbocycles. The van der Waals surface area contributed by atoms with Crippen molar-refractivity contribution in [2.75, 3.05) is 13.1 Å². The van der Waals surface area contributed by atoms with Crippen LogP contribution in [0.3, 0.4) is 0 Å². The first-order valence-electron chi connectivity index (χ1n) is 5.58. The molecule has 1 aromatic rings. The molecule has 3 nitrogen and oxygen atoms in total. The Morgan fingerprint density at radius 2 is 2.07 bits per heavy atom. The summed E-state index contributed by atoms with van der Waals surface area (Å²) < 4.78 is 3.31. The second kappa shape index (κ2) is 4.66. The average molecular weight is 272 g/mol. The topological polar surface area (TPSA) is 29.9 Å². The van der Waals surface area contributed by atoms with Crippen molar-refractivity contribution < 1.29 is 0 Å². The van der Waals surface area contributed by atoms with Gasteiger partial charge in [-0.1, -0.05) is 0 Å². The maximum Gasteiger partial charge on any atom is 0.0738 e. The number of aryl methyl sites for hydroxylation is 1. The first-order chi connectivity index (χ1) is 7.18. The number of nitrogens with one attached hydrogen (secondary N) is 1. The van der Waals surface area contributed by atoms with Gasteiger partial charge in [-0.3, -0.25) is 4.68 Å². The van der Waals surface area contributed by atoms with Crippen LogP contribution in [0.25, 0.3) is 0 Å². The molecule has 0 unspecified atom stereocenters. The fraction of sp³-hybridized carbons (Fsp3) is 0.727. The van der Waals surface area contributed by atoms with Gasteiger partial charge in [-0.05, 0) is 61.6 Å². The lowest BCUT2D eigenvalue weighted by atomic mass is 9.98. The Morgan fingerprint density at radius 3 is 2.60 bits per heavy atom. The summed E-state index contributed by atoms with van der Waals surface area (Å²) in [6, 6.07) is 0. The van der Waals surface area contributed by atoms with Gasteiger partial charge in [0.15, 0.2) is 0 Å². The summed E-state index contributed by atoms with van der Waals surface area (Å²) >= 11 is 3.57. The summed E-state index contributed by atoms with van der Waals surface area (Å²) in [4.78, 5) is 0. The molecule has 0 atom stereocenters. The lowest BCUT2D eigenvalue weighted by molar-refractivity contribution is 0.318. The highest BCUT2D eigenvalue weighted by molar-refractivity contribution is 9.10. The molecule has 1 N–H and O–H groups in total. The molecule has 4 heteroatoms. The molecule has 0 amide bonds. The summed E-state index contributed by atoms with van der Waals surface area (Å²) in [5.41, 5.74) is 2.35. The first kappa shape index (κ1) is 11.1. The van der Waals surface area contributed by atoms with Crippen LogP contribution in [0.1, 0.15) is 24.2 Å². The van der Waals surface area contributed by atoms with Crippen molar-refractivity contribution in [2.24, 2.45) is 5.92 Å². The summed E-state index contributed by atoms with van der Waals surface area (Å²) in [5, 5.41) is 7.95. The average Bonchev–Trinajstić information content (AvgIpc) is 2.48. The highest BCUT2D eigenvalue weighted by Gasteiger charge is 2.16. The maximum absolute atomic E-state index is 4.55. The lowest BCUT2D eigenvalue weighted by Crippen LogP contribution is -2.30. The van der Waals surface area contributed by atoms with Gasteiger partial charge in [-0.25, -0.2) is 0 Å². The predicted octanol–water partition coefficient (Wildman–Crippen LogP) is 2.26. The normalized spacial score (nSPS) is 18.3. The molecule has 2 heterocycles. The summed E-state index contributed by atoms with van der Waals surface area (Å²) in [6.45, 7) is 7.57. The molecule has 0 saturated carbocycles. The summed E-state index contributed by atoms with van der Waals surface area (Å²) in [7, 11) is 0. The van der Waals surface area contributed by atoms with Crippen molar-refractivity contribution in [2.45, 2.75) is 33.2 Å². The summed E-state index contributed by atoms with van der Waals surface area (Å²) in [6.07, 6.45) is 2.55. The molecular formula is C11H18BrN3. The Balaban J connectivity index is 2.06. The Hall–Kier alpha value is -0.350. The smallest absolute Gasteiger partial charge is 0.0738 e. The van der Waals surface area contributed by atoms with Gasteiger partial charge >= 0.3 is 0 Å². The van der Waals surface area contributed by atoms with Gasteiger partial charge in [0.2, 0.25) is 0 Å². The number of hydrogen-bond acceptors (Lipinski definition) is 2. The molecule has 0 spiro atoms. The SMILES string of the molecule is Cc1nn(CC2CCNCC2)c(C)c1Br. The van der Waals surface area contributed by atoms with Crippen LogP contribution in [0.15, 0.2) is 4.47 Å². The zero-order valence-electron chi connectivity index (χ0n) is 9.39. The molecular weight excluding hydrogens is 254 g/mol. The lowest BCUT2D eigenvalue weighted by Gasteiger charge is -2.22. The molecule has 1 aliphatic rings. The van der Waals surface area contributed by atoms with E-state index >= 15 is 0 Å². The molecule has 0 radical (unpaired) electrons. The molecule has 2 rings (SSSR count). The van der Waals surface area contributed by atoms with E-state index in [0.717, 1.165) is 35.7 Å². The van der Waals surface area contributed by atoms with Crippen molar-refractivity contribution in [3.8, 4) is 0 Å². The van der Waals surface area contributed by atoms with Crippen molar-refractivity contribution in [1.29, 1.82) is 0 Å². The molecule has 0 bridgehead atoms. The van der Waals surface area contributed by atoms with Gasteiger partial charge in [-0.15, -0.1) is 0 Å². The van der Waals surface area contributed by atoms with Gasteiger partial charge in [0, 0.05) is 12.2 Å². The van der Waals surface area contributed by atoms with Crippen LogP contribution in [-0.2, 0) is 6.54 Å². The first-order valence-corrected chi connectivity index (χ1v) is 6.38. The number of halogens is 1. The fourth-order valence-electron chi connectivity index (χ4n) is 2.16. The minimum atomic E-state index is 0.788. The fourth-order valence-corrected chi connectivity index (χ4v) is 2.45. The molecule has 1 aromatic heterocycles. The zero-order valence-corrected chi connectivity index (χ0v) is 11.0. The molecule has 0 aliphatic carbocycles. The number of hydrogen-bond donors (Lipinski definition) is 1. The number of aromatic nitrogens is 2. The molecule has 84 valence electrons. The number of piperidine rings is 1. The van der Waals surface area contributed by atoms with E-state index in [1.165, 1.54) is 18.5 Å². The molecule has 15 heavy (non-hydrogen) atoms. The minimum absolute atomic E-state index is 0.788. The van der Waals surface area contributed by atoms with Crippen molar-refractivity contribution in [3.05, 3.63) is 15.9 Å². The Bertz CT molecular complexity index is 340. The molecule has 1 saturated heterocycles. The van der Waals surface area contributed by atoms with Crippen molar-refractivity contribution in [1.82, 2.24) is 15.1 Å². The Kier molecular flexibility index (Phi) is 3.46. The molecule has 1 aliphatic heterocycles. The van der Waals surface area contributed by atoms with E-state index in [4.69, 9.17) is 0 Å². The standard InChI is InChI=1S/C11H18BrN3/c1-8-11(12)9(2)15(14-8)7-10-3-5-13-6-4-10/h10,13H,3-7H2,1-2H3. The quantitative estimate of drug-likeness (QED) is 0.895. The molecule has 1 fully saturated rings. The van der Waals surface area contributed by atoms with Crippen LogP contribution in [0.4, 0.5) is 0 Å². The monoisotopic (exact) mass is 271 g/mol. The van der Waals surface area contributed by atoms with E-state index < -0.39 is 0 Å². The van der Waals surface area contributed by atoms with Gasteiger partial charge in [0.25, 0.3) is 0 Å². The van der Waals surface area contributed by atoms with Crippen LogP contribution < -0.4 is 5.32 Å². The van der Waals surface area contributed by atoms with Crippen molar-refractivity contribution >= 4 is 15.9 Å². The number of rotatable bonds is 2. The highest BCUT2D eigenvalue weighted by Crippen LogP contribution is 2.22. The van der Waals surface area contributed by atoms with Gasteiger partial charge in [-0.2, -0.15) is 5.10 Å². The zero-order chi connectivity index (χ0) is 10.8. The van der Waals surface area contributed by atoms with Gasteiger partial charge in [0.05, 0.1) is 10.2 Å². The van der Waals surface area contributed by atoms with Crippen molar-refractivity contribution in [3.63, 3.8) is 0 Å². The van der Waals surface area contributed by atoms with Crippen LogP contribution in [0.5, 0.6) is 0 Å². The van der Waals surface area contributed by atoms with Crippen LogP contribution in [-0.4, -0.2) is 22.9 Å².